The topological polar surface area (TPSA) is 25.8 Å². The highest BCUT2D eigenvalue weighted by Gasteiger charge is 2.11. The van der Waals surface area contributed by atoms with E-state index in [0.29, 0.717) is 5.92 Å². The van der Waals surface area contributed by atoms with Crippen molar-refractivity contribution in [3.63, 3.8) is 0 Å². The summed E-state index contributed by atoms with van der Waals surface area (Å²) in [5.74, 6) is 1.36. The first-order valence-corrected chi connectivity index (χ1v) is 7.71. The molecule has 0 radical (unpaired) electrons. The molecule has 3 rings (SSSR count). The summed E-state index contributed by atoms with van der Waals surface area (Å²) < 4.78 is 0. The number of hydrogen-bond donors (Lipinski definition) is 0. The summed E-state index contributed by atoms with van der Waals surface area (Å²) in [5.41, 5.74) is 4.46. The van der Waals surface area contributed by atoms with Crippen LogP contribution in [-0.2, 0) is 6.42 Å². The molecular weight excluding hydrogens is 268 g/mol. The number of nitrogens with zero attached hydrogens (tertiary/aromatic N) is 2. The molecular formula is C20H20N2. The second-order valence-electron chi connectivity index (χ2n) is 5.90. The number of hydrogen-bond acceptors (Lipinski definition) is 2. The van der Waals surface area contributed by atoms with E-state index < -0.39 is 0 Å². The van der Waals surface area contributed by atoms with Crippen molar-refractivity contribution in [2.45, 2.75) is 20.3 Å². The average molecular weight is 288 g/mol. The van der Waals surface area contributed by atoms with E-state index in [9.17, 15) is 0 Å². The Morgan fingerprint density at radius 3 is 2.00 bits per heavy atom. The molecule has 0 N–H and O–H groups in total. The normalized spacial score (nSPS) is 10.9. The summed E-state index contributed by atoms with van der Waals surface area (Å²) >= 11 is 0. The predicted octanol–water partition coefficient (Wildman–Crippen LogP) is 5.01. The Bertz CT molecular complexity index is 734. The molecule has 1 aromatic heterocycles. The molecule has 0 saturated carbocycles. The Morgan fingerprint density at radius 1 is 0.818 bits per heavy atom. The van der Waals surface area contributed by atoms with Gasteiger partial charge in [0.05, 0.1) is 5.69 Å². The molecule has 2 nitrogen and oxygen atoms in total. The molecule has 0 atom stereocenters. The van der Waals surface area contributed by atoms with Gasteiger partial charge in [0.25, 0.3) is 0 Å². The fourth-order valence-corrected chi connectivity index (χ4v) is 2.57. The van der Waals surface area contributed by atoms with Gasteiger partial charge in [-0.15, -0.1) is 0 Å². The first-order chi connectivity index (χ1) is 10.7. The molecule has 110 valence electrons. The predicted molar refractivity (Wildman–Crippen MR) is 91.4 cm³/mol. The summed E-state index contributed by atoms with van der Waals surface area (Å²) in [7, 11) is 0. The Balaban J connectivity index is 2.10. The first-order valence-electron chi connectivity index (χ1n) is 7.71. The van der Waals surface area contributed by atoms with Crippen LogP contribution in [0, 0.1) is 5.92 Å². The molecule has 0 bridgehead atoms. The Kier molecular flexibility index (Phi) is 4.29. The van der Waals surface area contributed by atoms with E-state index in [2.05, 4.69) is 43.1 Å². The maximum Gasteiger partial charge on any atom is 0.159 e. The summed E-state index contributed by atoms with van der Waals surface area (Å²) in [4.78, 5) is 9.43. The maximum atomic E-state index is 4.86. The highest BCUT2D eigenvalue weighted by Crippen LogP contribution is 2.26. The van der Waals surface area contributed by atoms with Crippen molar-refractivity contribution in [1.82, 2.24) is 9.97 Å². The quantitative estimate of drug-likeness (QED) is 0.674. The molecule has 0 aliphatic carbocycles. The van der Waals surface area contributed by atoms with Crippen LogP contribution in [0.1, 0.15) is 19.4 Å². The Labute approximate surface area is 131 Å². The van der Waals surface area contributed by atoms with Gasteiger partial charge in [0.2, 0.25) is 0 Å². The molecule has 1 heterocycles. The minimum atomic E-state index is 0.577. The Morgan fingerprint density at radius 2 is 1.41 bits per heavy atom. The highest BCUT2D eigenvalue weighted by molar-refractivity contribution is 5.66. The van der Waals surface area contributed by atoms with Gasteiger partial charge in [-0.2, -0.15) is 0 Å². The summed E-state index contributed by atoms with van der Waals surface area (Å²) in [6.45, 7) is 4.44. The lowest BCUT2D eigenvalue weighted by Gasteiger charge is -2.12. The third-order valence-corrected chi connectivity index (χ3v) is 3.57. The number of aromatic nitrogens is 2. The lowest BCUT2D eigenvalue weighted by atomic mass is 9.99. The summed E-state index contributed by atoms with van der Waals surface area (Å²) in [6.07, 6.45) is 2.97. The van der Waals surface area contributed by atoms with E-state index in [1.54, 1.807) is 0 Å². The smallest absolute Gasteiger partial charge is 0.159 e. The van der Waals surface area contributed by atoms with Gasteiger partial charge in [-0.05, 0) is 17.9 Å². The molecule has 2 heteroatoms. The van der Waals surface area contributed by atoms with Crippen LogP contribution in [-0.4, -0.2) is 9.97 Å². The zero-order chi connectivity index (χ0) is 15.4. The van der Waals surface area contributed by atoms with Crippen molar-refractivity contribution in [2.24, 2.45) is 5.92 Å². The number of benzene rings is 2. The van der Waals surface area contributed by atoms with E-state index in [-0.39, 0.29) is 0 Å². The third kappa shape index (κ3) is 3.22. The van der Waals surface area contributed by atoms with Crippen molar-refractivity contribution in [2.75, 3.05) is 0 Å². The lowest BCUT2D eigenvalue weighted by Crippen LogP contribution is -2.02. The molecule has 0 amide bonds. The molecule has 0 fully saturated rings. The van der Waals surface area contributed by atoms with Gasteiger partial charge in [-0.25, -0.2) is 9.97 Å². The van der Waals surface area contributed by atoms with Gasteiger partial charge < -0.3 is 0 Å². The fourth-order valence-electron chi connectivity index (χ4n) is 2.57. The van der Waals surface area contributed by atoms with Crippen LogP contribution in [0.4, 0.5) is 0 Å². The van der Waals surface area contributed by atoms with E-state index in [1.807, 2.05) is 42.6 Å². The van der Waals surface area contributed by atoms with Gasteiger partial charge in [0.1, 0.15) is 0 Å². The van der Waals surface area contributed by atoms with Crippen molar-refractivity contribution in [3.8, 4) is 22.6 Å². The van der Waals surface area contributed by atoms with Crippen LogP contribution in [0.25, 0.3) is 22.6 Å². The summed E-state index contributed by atoms with van der Waals surface area (Å²) in [5, 5.41) is 0. The van der Waals surface area contributed by atoms with Gasteiger partial charge in [0.15, 0.2) is 5.82 Å². The van der Waals surface area contributed by atoms with E-state index in [0.717, 1.165) is 29.1 Å². The second-order valence-corrected chi connectivity index (χ2v) is 5.90. The van der Waals surface area contributed by atoms with Crippen molar-refractivity contribution >= 4 is 0 Å². The molecule has 3 aromatic rings. The zero-order valence-electron chi connectivity index (χ0n) is 13.0. The zero-order valence-corrected chi connectivity index (χ0v) is 13.0. The van der Waals surface area contributed by atoms with Crippen LogP contribution < -0.4 is 0 Å². The van der Waals surface area contributed by atoms with Crippen LogP contribution >= 0.6 is 0 Å². The van der Waals surface area contributed by atoms with Gasteiger partial charge in [-0.1, -0.05) is 74.5 Å². The van der Waals surface area contributed by atoms with Crippen LogP contribution in [0.3, 0.4) is 0 Å². The largest absolute Gasteiger partial charge is 0.236 e. The van der Waals surface area contributed by atoms with Gasteiger partial charge in [-0.3, -0.25) is 0 Å². The van der Waals surface area contributed by atoms with Crippen LogP contribution in [0.5, 0.6) is 0 Å². The number of rotatable bonds is 4. The minimum absolute atomic E-state index is 0.577. The molecule has 0 unspecified atom stereocenters. The van der Waals surface area contributed by atoms with Crippen LogP contribution in [0.15, 0.2) is 66.9 Å². The van der Waals surface area contributed by atoms with Crippen LogP contribution in [0.2, 0.25) is 0 Å². The standard InChI is InChI=1S/C20H20N2/c1-15(2)13-18-14-21-20(17-11-7-4-8-12-17)22-19(18)16-9-5-3-6-10-16/h3-12,14-15H,13H2,1-2H3. The van der Waals surface area contributed by atoms with Crippen molar-refractivity contribution in [1.29, 1.82) is 0 Å². The first kappa shape index (κ1) is 14.5. The molecule has 0 aliphatic rings. The lowest BCUT2D eigenvalue weighted by molar-refractivity contribution is 0.645. The second kappa shape index (κ2) is 6.52. The highest BCUT2D eigenvalue weighted by atomic mass is 14.9. The van der Waals surface area contributed by atoms with E-state index in [1.165, 1.54) is 5.56 Å². The molecule has 0 spiro atoms. The third-order valence-electron chi connectivity index (χ3n) is 3.57. The van der Waals surface area contributed by atoms with E-state index in [4.69, 9.17) is 4.98 Å². The maximum absolute atomic E-state index is 4.86. The SMILES string of the molecule is CC(C)Cc1cnc(-c2ccccc2)nc1-c1ccccc1. The van der Waals surface area contributed by atoms with Gasteiger partial charge >= 0.3 is 0 Å². The fraction of sp³-hybridized carbons (Fsp3) is 0.200. The Hall–Kier alpha value is -2.48. The van der Waals surface area contributed by atoms with Crippen molar-refractivity contribution in [3.05, 3.63) is 72.4 Å². The summed E-state index contributed by atoms with van der Waals surface area (Å²) in [6, 6.07) is 20.5. The molecule has 0 aliphatic heterocycles. The monoisotopic (exact) mass is 288 g/mol. The minimum Gasteiger partial charge on any atom is -0.236 e. The molecule has 2 aromatic carbocycles. The van der Waals surface area contributed by atoms with Crippen molar-refractivity contribution < 1.29 is 0 Å². The molecule has 22 heavy (non-hydrogen) atoms. The average Bonchev–Trinajstić information content (AvgIpc) is 2.56. The molecule has 0 saturated heterocycles. The van der Waals surface area contributed by atoms with E-state index >= 15 is 0 Å². The van der Waals surface area contributed by atoms with Gasteiger partial charge in [0, 0.05) is 17.3 Å².